The molecule has 0 N–H and O–H groups in total. The minimum atomic E-state index is -0.465. The SMILES string of the molecule is CCOC(=O)c1cc(-c2ccc(Cl)cc2Cl)c(-c2ccc(Cl)cc2)nc1C(Br)Br. The highest BCUT2D eigenvalue weighted by Gasteiger charge is 2.24. The highest BCUT2D eigenvalue weighted by molar-refractivity contribution is 9.24. The van der Waals surface area contributed by atoms with Crippen LogP contribution in [0.25, 0.3) is 22.4 Å². The van der Waals surface area contributed by atoms with Gasteiger partial charge in [0, 0.05) is 31.8 Å². The fourth-order valence-electron chi connectivity index (χ4n) is 2.81. The predicted octanol–water partition coefficient (Wildman–Crippen LogP) is 8.34. The van der Waals surface area contributed by atoms with Crippen LogP contribution in [0.1, 0.15) is 26.7 Å². The standard InChI is InChI=1S/C21H14Br2Cl3NO2/c1-2-29-21(28)16-10-15(14-8-7-13(25)9-17(14)26)18(27-19(16)20(22)23)11-3-5-12(24)6-4-11/h3-10,20H,2H2,1H3. The minimum absolute atomic E-state index is 0.253. The summed E-state index contributed by atoms with van der Waals surface area (Å²) in [6, 6.07) is 14.2. The second-order valence-electron chi connectivity index (χ2n) is 5.97. The Bertz CT molecular complexity index is 1060. The monoisotopic (exact) mass is 575 g/mol. The van der Waals surface area contributed by atoms with Gasteiger partial charge in [-0.05, 0) is 37.3 Å². The van der Waals surface area contributed by atoms with E-state index in [2.05, 4.69) is 31.9 Å². The van der Waals surface area contributed by atoms with Gasteiger partial charge in [-0.1, -0.05) is 84.9 Å². The van der Waals surface area contributed by atoms with Crippen LogP contribution in [0.15, 0.2) is 48.5 Å². The van der Waals surface area contributed by atoms with Crippen LogP contribution in [-0.4, -0.2) is 17.6 Å². The number of pyridine rings is 1. The zero-order valence-corrected chi connectivity index (χ0v) is 20.5. The Kier molecular flexibility index (Phi) is 7.63. The highest BCUT2D eigenvalue weighted by Crippen LogP contribution is 2.40. The average molecular weight is 579 g/mol. The van der Waals surface area contributed by atoms with E-state index in [-0.39, 0.29) is 10.3 Å². The van der Waals surface area contributed by atoms with Gasteiger partial charge in [-0.25, -0.2) is 9.78 Å². The number of aromatic nitrogens is 1. The molecule has 3 rings (SSSR count). The van der Waals surface area contributed by atoms with Gasteiger partial charge in [0.05, 0.1) is 23.6 Å². The van der Waals surface area contributed by atoms with E-state index in [1.807, 2.05) is 12.1 Å². The van der Waals surface area contributed by atoms with Gasteiger partial charge in [-0.2, -0.15) is 0 Å². The summed E-state index contributed by atoms with van der Waals surface area (Å²) in [6.45, 7) is 2.01. The Morgan fingerprint density at radius 2 is 1.66 bits per heavy atom. The summed E-state index contributed by atoms with van der Waals surface area (Å²) in [5.74, 6) is -0.465. The van der Waals surface area contributed by atoms with Gasteiger partial charge in [-0.3, -0.25) is 0 Å². The summed E-state index contributed by atoms with van der Waals surface area (Å²) in [6.07, 6.45) is 0. The lowest BCUT2D eigenvalue weighted by Crippen LogP contribution is -2.11. The molecule has 0 bridgehead atoms. The molecular formula is C21H14Br2Cl3NO2. The first-order chi connectivity index (χ1) is 13.8. The molecule has 3 aromatic rings. The molecule has 0 spiro atoms. The fraction of sp³-hybridized carbons (Fsp3) is 0.143. The number of esters is 1. The molecule has 0 atom stereocenters. The lowest BCUT2D eigenvalue weighted by atomic mass is 9.96. The van der Waals surface area contributed by atoms with Crippen LogP contribution in [0.5, 0.6) is 0 Å². The van der Waals surface area contributed by atoms with Crippen molar-refractivity contribution >= 4 is 72.6 Å². The van der Waals surface area contributed by atoms with E-state index in [0.29, 0.717) is 43.1 Å². The summed E-state index contributed by atoms with van der Waals surface area (Å²) < 4.78 is 4.88. The number of hydrogen-bond acceptors (Lipinski definition) is 3. The van der Waals surface area contributed by atoms with Gasteiger partial charge in [0.25, 0.3) is 0 Å². The van der Waals surface area contributed by atoms with E-state index in [0.717, 1.165) is 5.56 Å². The first-order valence-electron chi connectivity index (χ1n) is 8.53. The van der Waals surface area contributed by atoms with Crippen LogP contribution in [0.2, 0.25) is 15.1 Å². The van der Waals surface area contributed by atoms with E-state index in [1.54, 1.807) is 43.3 Å². The fourth-order valence-corrected chi connectivity index (χ4v) is 4.14. The average Bonchev–Trinajstić information content (AvgIpc) is 2.68. The molecule has 150 valence electrons. The summed E-state index contributed by atoms with van der Waals surface area (Å²) in [4.78, 5) is 17.4. The van der Waals surface area contributed by atoms with Crippen LogP contribution in [0.3, 0.4) is 0 Å². The molecule has 0 aliphatic rings. The zero-order valence-electron chi connectivity index (χ0n) is 15.1. The van der Waals surface area contributed by atoms with Crippen molar-refractivity contribution < 1.29 is 9.53 Å². The number of rotatable bonds is 5. The number of nitrogens with zero attached hydrogens (tertiary/aromatic N) is 1. The van der Waals surface area contributed by atoms with Crippen molar-refractivity contribution in [1.29, 1.82) is 0 Å². The molecule has 8 heteroatoms. The molecule has 0 amide bonds. The third kappa shape index (κ3) is 5.15. The van der Waals surface area contributed by atoms with Crippen molar-refractivity contribution in [1.82, 2.24) is 4.98 Å². The first-order valence-corrected chi connectivity index (χ1v) is 11.5. The van der Waals surface area contributed by atoms with Crippen molar-refractivity contribution in [3.8, 4) is 22.4 Å². The third-order valence-corrected chi connectivity index (χ3v) is 5.76. The molecule has 3 nitrogen and oxygen atoms in total. The first kappa shape index (κ1) is 22.6. The van der Waals surface area contributed by atoms with Gasteiger partial charge >= 0.3 is 5.97 Å². The van der Waals surface area contributed by atoms with Crippen LogP contribution >= 0.6 is 66.7 Å². The second kappa shape index (κ2) is 9.80. The smallest absolute Gasteiger partial charge is 0.340 e. The van der Waals surface area contributed by atoms with Crippen molar-refractivity contribution in [3.05, 3.63) is 74.9 Å². The summed E-state index contributed by atoms with van der Waals surface area (Å²) in [7, 11) is 0. The molecular weight excluding hydrogens is 564 g/mol. The number of carbonyl (C=O) groups is 1. The largest absolute Gasteiger partial charge is 0.462 e. The zero-order chi connectivity index (χ0) is 21.1. The third-order valence-electron chi connectivity index (χ3n) is 4.09. The maximum Gasteiger partial charge on any atom is 0.340 e. The van der Waals surface area contributed by atoms with Crippen LogP contribution in [0, 0.1) is 0 Å². The molecule has 0 fully saturated rings. The van der Waals surface area contributed by atoms with E-state index < -0.39 is 5.97 Å². The maximum atomic E-state index is 12.6. The van der Waals surface area contributed by atoms with Gasteiger partial charge in [0.1, 0.15) is 3.74 Å². The number of ether oxygens (including phenoxy) is 1. The minimum Gasteiger partial charge on any atom is -0.462 e. The lowest BCUT2D eigenvalue weighted by molar-refractivity contribution is 0.0525. The number of halogens is 5. The molecule has 0 radical (unpaired) electrons. The Hall–Kier alpha value is -1.11. The Morgan fingerprint density at radius 1 is 1.00 bits per heavy atom. The Labute approximate surface area is 200 Å². The normalized spacial score (nSPS) is 11.0. The van der Waals surface area contributed by atoms with Gasteiger partial charge in [-0.15, -0.1) is 0 Å². The molecule has 2 aromatic carbocycles. The van der Waals surface area contributed by atoms with E-state index in [4.69, 9.17) is 44.5 Å². The van der Waals surface area contributed by atoms with Crippen LogP contribution in [-0.2, 0) is 4.74 Å². The van der Waals surface area contributed by atoms with Crippen molar-refractivity contribution in [2.45, 2.75) is 10.7 Å². The van der Waals surface area contributed by atoms with E-state index in [9.17, 15) is 4.79 Å². The predicted molar refractivity (Wildman–Crippen MR) is 127 cm³/mol. The molecule has 0 aliphatic heterocycles. The Morgan fingerprint density at radius 3 is 2.24 bits per heavy atom. The molecule has 0 saturated carbocycles. The molecule has 0 unspecified atom stereocenters. The Balaban J connectivity index is 2.34. The van der Waals surface area contributed by atoms with E-state index >= 15 is 0 Å². The van der Waals surface area contributed by atoms with Gasteiger partial charge in [0.2, 0.25) is 0 Å². The summed E-state index contributed by atoms with van der Waals surface area (Å²) in [5, 5.41) is 1.58. The summed E-state index contributed by atoms with van der Waals surface area (Å²) in [5.41, 5.74) is 3.70. The molecule has 0 aliphatic carbocycles. The quantitative estimate of drug-likeness (QED) is 0.226. The number of hydrogen-bond donors (Lipinski definition) is 0. The topological polar surface area (TPSA) is 39.2 Å². The van der Waals surface area contributed by atoms with E-state index in [1.165, 1.54) is 0 Å². The molecule has 1 heterocycles. The second-order valence-corrected chi connectivity index (χ2v) is 10.3. The molecule has 29 heavy (non-hydrogen) atoms. The highest BCUT2D eigenvalue weighted by atomic mass is 79.9. The number of benzene rings is 2. The summed E-state index contributed by atoms with van der Waals surface area (Å²) >= 11 is 25.5. The lowest BCUT2D eigenvalue weighted by Gasteiger charge is -2.17. The van der Waals surface area contributed by atoms with Crippen molar-refractivity contribution in [2.24, 2.45) is 0 Å². The van der Waals surface area contributed by atoms with Crippen molar-refractivity contribution in [3.63, 3.8) is 0 Å². The van der Waals surface area contributed by atoms with Crippen LogP contribution in [0.4, 0.5) is 0 Å². The van der Waals surface area contributed by atoms with Crippen molar-refractivity contribution in [2.75, 3.05) is 6.61 Å². The maximum absolute atomic E-state index is 12.6. The molecule has 1 aromatic heterocycles. The van der Waals surface area contributed by atoms with Crippen LogP contribution < -0.4 is 0 Å². The van der Waals surface area contributed by atoms with Gasteiger partial charge < -0.3 is 4.74 Å². The number of alkyl halides is 2. The number of carbonyl (C=O) groups excluding carboxylic acids is 1. The molecule has 0 saturated heterocycles. The van der Waals surface area contributed by atoms with Gasteiger partial charge in [0.15, 0.2) is 0 Å².